The molecule has 2 heterocycles. The summed E-state index contributed by atoms with van der Waals surface area (Å²) >= 11 is 0. The van der Waals surface area contributed by atoms with Gasteiger partial charge in [0.15, 0.2) is 6.04 Å². The number of esters is 1. The summed E-state index contributed by atoms with van der Waals surface area (Å²) in [6, 6.07) is 6.96. The molecule has 1 aromatic carbocycles. The SMILES string of the molecule is COC(=O)C(C)n1nc2n(c1=O)CCN(Cc1ccccc1C)C2=O. The molecule has 0 aliphatic carbocycles. The highest BCUT2D eigenvalue weighted by Crippen LogP contribution is 2.16. The molecule has 2 aromatic rings. The summed E-state index contributed by atoms with van der Waals surface area (Å²) in [7, 11) is 1.24. The van der Waals surface area contributed by atoms with Crippen molar-refractivity contribution < 1.29 is 14.3 Å². The van der Waals surface area contributed by atoms with Crippen LogP contribution in [0.5, 0.6) is 0 Å². The summed E-state index contributed by atoms with van der Waals surface area (Å²) < 4.78 is 6.98. The van der Waals surface area contributed by atoms with E-state index in [9.17, 15) is 14.4 Å². The minimum Gasteiger partial charge on any atom is -0.467 e. The van der Waals surface area contributed by atoms with Crippen molar-refractivity contribution in [3.05, 3.63) is 51.7 Å². The van der Waals surface area contributed by atoms with E-state index in [2.05, 4.69) is 9.84 Å². The van der Waals surface area contributed by atoms with Crippen LogP contribution in [0.3, 0.4) is 0 Å². The number of benzene rings is 1. The van der Waals surface area contributed by atoms with E-state index in [0.29, 0.717) is 19.6 Å². The van der Waals surface area contributed by atoms with Crippen molar-refractivity contribution in [3.8, 4) is 0 Å². The first-order chi connectivity index (χ1) is 11.9. The summed E-state index contributed by atoms with van der Waals surface area (Å²) in [4.78, 5) is 38.5. The lowest BCUT2D eigenvalue weighted by atomic mass is 10.1. The molecule has 1 atom stereocenters. The second-order valence-corrected chi connectivity index (χ2v) is 6.05. The van der Waals surface area contributed by atoms with E-state index in [0.717, 1.165) is 15.8 Å². The Morgan fingerprint density at radius 2 is 2.00 bits per heavy atom. The van der Waals surface area contributed by atoms with Crippen LogP contribution in [0.2, 0.25) is 0 Å². The summed E-state index contributed by atoms with van der Waals surface area (Å²) in [5.41, 5.74) is 1.67. The van der Waals surface area contributed by atoms with Crippen molar-refractivity contribution in [2.24, 2.45) is 0 Å². The number of nitrogens with zero attached hydrogens (tertiary/aromatic N) is 4. The smallest absolute Gasteiger partial charge is 0.347 e. The average molecular weight is 344 g/mol. The van der Waals surface area contributed by atoms with Crippen LogP contribution < -0.4 is 5.69 Å². The van der Waals surface area contributed by atoms with Crippen LogP contribution in [0.25, 0.3) is 0 Å². The van der Waals surface area contributed by atoms with Gasteiger partial charge in [-0.3, -0.25) is 9.36 Å². The molecule has 1 amide bonds. The van der Waals surface area contributed by atoms with Gasteiger partial charge in [-0.25, -0.2) is 9.59 Å². The third-order valence-corrected chi connectivity index (χ3v) is 4.49. The van der Waals surface area contributed by atoms with E-state index < -0.39 is 17.7 Å². The molecule has 0 saturated carbocycles. The van der Waals surface area contributed by atoms with Gasteiger partial charge >= 0.3 is 11.7 Å². The number of carbonyl (C=O) groups excluding carboxylic acids is 2. The minimum atomic E-state index is -0.881. The maximum atomic E-state index is 12.7. The van der Waals surface area contributed by atoms with Crippen molar-refractivity contribution in [1.29, 1.82) is 0 Å². The first-order valence-electron chi connectivity index (χ1n) is 8.05. The van der Waals surface area contributed by atoms with Crippen LogP contribution in [-0.2, 0) is 22.6 Å². The van der Waals surface area contributed by atoms with Crippen molar-refractivity contribution in [2.45, 2.75) is 33.0 Å². The molecule has 8 heteroatoms. The van der Waals surface area contributed by atoms with Gasteiger partial charge in [0.05, 0.1) is 7.11 Å². The van der Waals surface area contributed by atoms with Crippen molar-refractivity contribution in [2.75, 3.05) is 13.7 Å². The fourth-order valence-corrected chi connectivity index (χ4v) is 2.90. The third kappa shape index (κ3) is 2.95. The summed E-state index contributed by atoms with van der Waals surface area (Å²) in [6.07, 6.45) is 0. The van der Waals surface area contributed by atoms with E-state index in [1.165, 1.54) is 18.6 Å². The Balaban J connectivity index is 1.89. The van der Waals surface area contributed by atoms with Crippen LogP contribution in [0.4, 0.5) is 0 Å². The molecule has 1 unspecified atom stereocenters. The summed E-state index contributed by atoms with van der Waals surface area (Å²) in [5.74, 6) is -0.843. The highest BCUT2D eigenvalue weighted by atomic mass is 16.5. The second-order valence-electron chi connectivity index (χ2n) is 6.05. The van der Waals surface area contributed by atoms with E-state index in [-0.39, 0.29) is 11.7 Å². The lowest BCUT2D eigenvalue weighted by Crippen LogP contribution is -2.42. The number of hydrogen-bond acceptors (Lipinski definition) is 5. The number of methoxy groups -OCH3 is 1. The lowest BCUT2D eigenvalue weighted by molar-refractivity contribution is -0.144. The van der Waals surface area contributed by atoms with Gasteiger partial charge in [-0.05, 0) is 25.0 Å². The van der Waals surface area contributed by atoms with Gasteiger partial charge in [0, 0.05) is 19.6 Å². The molecule has 0 bridgehead atoms. The molecular weight excluding hydrogens is 324 g/mol. The number of ether oxygens (including phenoxy) is 1. The standard InChI is InChI=1S/C17H20N4O4/c1-11-6-4-5-7-13(11)10-19-8-9-20-14(15(19)22)18-21(17(20)24)12(2)16(23)25-3/h4-7,12H,8-10H2,1-3H3. The predicted octanol–water partition coefficient (Wildman–Crippen LogP) is 0.743. The molecule has 0 saturated heterocycles. The molecular formula is C17H20N4O4. The average Bonchev–Trinajstić information content (AvgIpc) is 2.95. The molecule has 0 fully saturated rings. The van der Waals surface area contributed by atoms with Crippen molar-refractivity contribution in [3.63, 3.8) is 0 Å². The first-order valence-corrected chi connectivity index (χ1v) is 8.05. The minimum absolute atomic E-state index is 0.0561. The Morgan fingerprint density at radius 3 is 2.68 bits per heavy atom. The van der Waals surface area contributed by atoms with Crippen molar-refractivity contribution >= 4 is 11.9 Å². The van der Waals surface area contributed by atoms with Gasteiger partial charge in [0.1, 0.15) is 0 Å². The normalized spacial score (nSPS) is 15.0. The van der Waals surface area contributed by atoms with Crippen molar-refractivity contribution in [1.82, 2.24) is 19.2 Å². The van der Waals surface area contributed by atoms with Gasteiger partial charge in [0.25, 0.3) is 5.91 Å². The highest BCUT2D eigenvalue weighted by Gasteiger charge is 2.32. The van der Waals surface area contributed by atoms with Crippen LogP contribution in [-0.4, -0.2) is 44.8 Å². The maximum Gasteiger partial charge on any atom is 0.347 e. The van der Waals surface area contributed by atoms with E-state index in [1.54, 1.807) is 4.90 Å². The van der Waals surface area contributed by atoms with Gasteiger partial charge < -0.3 is 9.64 Å². The van der Waals surface area contributed by atoms with Gasteiger partial charge in [-0.1, -0.05) is 24.3 Å². The van der Waals surface area contributed by atoms with Crippen LogP contribution in [0.15, 0.2) is 29.1 Å². The Kier molecular flexibility index (Phi) is 4.43. The zero-order chi connectivity index (χ0) is 18.1. The Hall–Kier alpha value is -2.90. The van der Waals surface area contributed by atoms with Gasteiger partial charge in [0.2, 0.25) is 5.82 Å². The fourth-order valence-electron chi connectivity index (χ4n) is 2.90. The Labute approximate surface area is 144 Å². The number of amides is 1. The first kappa shape index (κ1) is 16.9. The molecule has 1 aromatic heterocycles. The lowest BCUT2D eigenvalue weighted by Gasteiger charge is -2.27. The van der Waals surface area contributed by atoms with E-state index >= 15 is 0 Å². The fraction of sp³-hybridized carbons (Fsp3) is 0.412. The van der Waals surface area contributed by atoms with Gasteiger partial charge in [-0.15, -0.1) is 5.10 Å². The Bertz CT molecular complexity index is 883. The molecule has 8 nitrogen and oxygen atoms in total. The monoisotopic (exact) mass is 344 g/mol. The molecule has 1 aliphatic heterocycles. The zero-order valence-corrected chi connectivity index (χ0v) is 14.4. The molecule has 3 rings (SSSR count). The largest absolute Gasteiger partial charge is 0.467 e. The maximum absolute atomic E-state index is 12.7. The van der Waals surface area contributed by atoms with Crippen LogP contribution in [0.1, 0.15) is 34.7 Å². The van der Waals surface area contributed by atoms with Gasteiger partial charge in [-0.2, -0.15) is 4.68 Å². The van der Waals surface area contributed by atoms with E-state index in [4.69, 9.17) is 0 Å². The number of aromatic nitrogens is 3. The van der Waals surface area contributed by atoms with Crippen LogP contribution >= 0.6 is 0 Å². The van der Waals surface area contributed by atoms with E-state index in [1.807, 2.05) is 31.2 Å². The number of rotatable bonds is 4. The topological polar surface area (TPSA) is 86.4 Å². The number of fused-ring (bicyclic) bond motifs is 1. The molecule has 1 aliphatic rings. The quantitative estimate of drug-likeness (QED) is 0.764. The summed E-state index contributed by atoms with van der Waals surface area (Å²) in [5, 5.41) is 4.09. The molecule has 25 heavy (non-hydrogen) atoms. The number of carbonyl (C=O) groups is 2. The predicted molar refractivity (Wildman–Crippen MR) is 89.1 cm³/mol. The molecule has 0 radical (unpaired) electrons. The number of hydrogen-bond donors (Lipinski definition) is 0. The zero-order valence-electron chi connectivity index (χ0n) is 14.4. The molecule has 0 spiro atoms. The number of aryl methyl sites for hydroxylation is 1. The summed E-state index contributed by atoms with van der Waals surface area (Å²) in [6.45, 7) is 4.73. The third-order valence-electron chi connectivity index (χ3n) is 4.49. The second kappa shape index (κ2) is 6.54. The molecule has 0 N–H and O–H groups in total. The van der Waals surface area contributed by atoms with Crippen LogP contribution in [0, 0.1) is 6.92 Å². The molecule has 132 valence electrons. The Morgan fingerprint density at radius 1 is 1.28 bits per heavy atom. The highest BCUT2D eigenvalue weighted by molar-refractivity contribution is 5.91.